The Kier molecular flexibility index (Phi) is 3.78. The van der Waals surface area contributed by atoms with E-state index in [9.17, 15) is 9.59 Å². The van der Waals surface area contributed by atoms with E-state index in [1.54, 1.807) is 6.07 Å². The molecular formula is C19H15N3O3. The van der Waals surface area contributed by atoms with E-state index in [-0.39, 0.29) is 23.6 Å². The smallest absolute Gasteiger partial charge is 0.297 e. The minimum atomic E-state index is -0.365. The first-order chi connectivity index (χ1) is 12.2. The lowest BCUT2D eigenvalue weighted by Gasteiger charge is -2.07. The molecule has 0 fully saturated rings. The number of carbonyl (C=O) groups excluding carboxylic acids is 1. The number of nitrogens with zero attached hydrogens (tertiary/aromatic N) is 2. The summed E-state index contributed by atoms with van der Waals surface area (Å²) in [6, 6.07) is 16.9. The molecule has 6 heteroatoms. The third-order valence-corrected chi connectivity index (χ3v) is 4.00. The van der Waals surface area contributed by atoms with E-state index in [0.717, 1.165) is 10.9 Å². The zero-order valence-corrected chi connectivity index (χ0v) is 13.3. The number of rotatable bonds is 4. The van der Waals surface area contributed by atoms with Crippen molar-refractivity contribution in [2.24, 2.45) is 0 Å². The highest BCUT2D eigenvalue weighted by atomic mass is 16.3. The molecule has 0 atom stereocenters. The maximum Gasteiger partial charge on any atom is 0.297 e. The van der Waals surface area contributed by atoms with Gasteiger partial charge in [0.15, 0.2) is 0 Å². The van der Waals surface area contributed by atoms with Crippen LogP contribution in [0.1, 0.15) is 5.56 Å². The van der Waals surface area contributed by atoms with Crippen LogP contribution < -0.4 is 10.9 Å². The fraction of sp³-hybridized carbons (Fsp3) is 0.105. The van der Waals surface area contributed by atoms with Gasteiger partial charge in [0.2, 0.25) is 11.5 Å². The summed E-state index contributed by atoms with van der Waals surface area (Å²) in [7, 11) is 0. The summed E-state index contributed by atoms with van der Waals surface area (Å²) in [6.07, 6.45) is 1.38. The van der Waals surface area contributed by atoms with E-state index in [1.807, 2.05) is 48.5 Å². The van der Waals surface area contributed by atoms with Crippen molar-refractivity contribution in [3.63, 3.8) is 0 Å². The normalized spacial score (nSPS) is 11.0. The van der Waals surface area contributed by atoms with E-state index < -0.39 is 0 Å². The van der Waals surface area contributed by atoms with Crippen LogP contribution in [0.25, 0.3) is 22.1 Å². The Bertz CT molecular complexity index is 1110. The molecule has 0 saturated heterocycles. The van der Waals surface area contributed by atoms with Gasteiger partial charge >= 0.3 is 0 Å². The summed E-state index contributed by atoms with van der Waals surface area (Å²) in [6.45, 7) is 0.306. The molecule has 0 aliphatic rings. The van der Waals surface area contributed by atoms with Crippen molar-refractivity contribution in [3.05, 3.63) is 76.8 Å². The van der Waals surface area contributed by atoms with Crippen LogP contribution in [-0.2, 0) is 17.9 Å². The first-order valence-corrected chi connectivity index (χ1v) is 7.90. The number of hydrogen-bond donors (Lipinski definition) is 1. The molecular weight excluding hydrogens is 318 g/mol. The number of hydrogen-bond acceptors (Lipinski definition) is 4. The van der Waals surface area contributed by atoms with Crippen molar-refractivity contribution in [1.82, 2.24) is 14.9 Å². The van der Waals surface area contributed by atoms with Crippen molar-refractivity contribution in [1.29, 1.82) is 0 Å². The lowest BCUT2D eigenvalue weighted by atomic mass is 10.2. The maximum atomic E-state index is 12.6. The molecule has 2 aromatic heterocycles. The van der Waals surface area contributed by atoms with Gasteiger partial charge in [-0.3, -0.25) is 14.2 Å². The zero-order valence-electron chi connectivity index (χ0n) is 13.3. The van der Waals surface area contributed by atoms with Crippen molar-refractivity contribution in [3.8, 4) is 0 Å². The van der Waals surface area contributed by atoms with Crippen LogP contribution in [0, 0.1) is 0 Å². The van der Waals surface area contributed by atoms with Crippen LogP contribution in [0.4, 0.5) is 0 Å². The SMILES string of the molecule is O=C(Cn1cnc2c(oc3ccccc32)c1=O)NCc1ccccc1. The second-order valence-electron chi connectivity index (χ2n) is 5.72. The summed E-state index contributed by atoms with van der Waals surface area (Å²) >= 11 is 0. The van der Waals surface area contributed by atoms with Crippen molar-refractivity contribution >= 4 is 28.0 Å². The lowest BCUT2D eigenvalue weighted by Crippen LogP contribution is -2.32. The predicted molar refractivity (Wildman–Crippen MR) is 94.1 cm³/mol. The third kappa shape index (κ3) is 2.89. The largest absolute Gasteiger partial charge is 0.448 e. The Hall–Kier alpha value is -3.41. The summed E-state index contributed by atoms with van der Waals surface area (Å²) in [5, 5.41) is 3.58. The number of furan rings is 1. The molecule has 4 aromatic rings. The van der Waals surface area contributed by atoms with Gasteiger partial charge in [-0.25, -0.2) is 4.98 Å². The van der Waals surface area contributed by atoms with Gasteiger partial charge in [-0.15, -0.1) is 0 Å². The highest BCUT2D eigenvalue weighted by Gasteiger charge is 2.14. The highest BCUT2D eigenvalue weighted by molar-refractivity contribution is 6.01. The summed E-state index contributed by atoms with van der Waals surface area (Å²) in [4.78, 5) is 29.0. The molecule has 6 nitrogen and oxygen atoms in total. The highest BCUT2D eigenvalue weighted by Crippen LogP contribution is 2.23. The second kappa shape index (κ2) is 6.24. The quantitative estimate of drug-likeness (QED) is 0.622. The van der Waals surface area contributed by atoms with Gasteiger partial charge in [-0.1, -0.05) is 42.5 Å². The summed E-state index contributed by atoms with van der Waals surface area (Å²) in [5.41, 5.74) is 1.92. The number of amides is 1. The van der Waals surface area contributed by atoms with E-state index in [1.165, 1.54) is 10.9 Å². The molecule has 0 radical (unpaired) electrons. The second-order valence-corrected chi connectivity index (χ2v) is 5.72. The third-order valence-electron chi connectivity index (χ3n) is 4.00. The number of nitrogens with one attached hydrogen (secondary N) is 1. The standard InChI is InChI=1S/C19H15N3O3/c23-16(20-10-13-6-2-1-3-7-13)11-22-12-21-17-14-8-4-5-9-15(14)25-18(17)19(22)24/h1-9,12H,10-11H2,(H,20,23). The topological polar surface area (TPSA) is 77.1 Å². The molecule has 0 unspecified atom stereocenters. The molecule has 0 saturated carbocycles. The zero-order chi connectivity index (χ0) is 17.2. The van der Waals surface area contributed by atoms with E-state index in [0.29, 0.717) is 17.6 Å². The van der Waals surface area contributed by atoms with Crippen molar-refractivity contribution < 1.29 is 9.21 Å². The molecule has 4 rings (SSSR count). The first-order valence-electron chi connectivity index (χ1n) is 7.90. The Morgan fingerprint density at radius 1 is 1.08 bits per heavy atom. The van der Waals surface area contributed by atoms with Gasteiger partial charge in [-0.05, 0) is 17.7 Å². The molecule has 0 aliphatic carbocycles. The number of carbonyl (C=O) groups is 1. The Morgan fingerprint density at radius 3 is 2.68 bits per heavy atom. The van der Waals surface area contributed by atoms with Crippen LogP contribution in [0.5, 0.6) is 0 Å². The molecule has 2 aromatic carbocycles. The van der Waals surface area contributed by atoms with Crippen LogP contribution in [0.15, 0.2) is 70.1 Å². The fourth-order valence-corrected chi connectivity index (χ4v) is 2.74. The number of fused-ring (bicyclic) bond motifs is 3. The van der Waals surface area contributed by atoms with E-state index in [2.05, 4.69) is 10.3 Å². The molecule has 0 spiro atoms. The van der Waals surface area contributed by atoms with Gasteiger partial charge in [0, 0.05) is 11.9 Å². The van der Waals surface area contributed by atoms with Crippen LogP contribution >= 0.6 is 0 Å². The molecule has 0 aliphatic heterocycles. The maximum absolute atomic E-state index is 12.6. The molecule has 0 bridgehead atoms. The minimum absolute atomic E-state index is 0.106. The predicted octanol–water partition coefficient (Wildman–Crippen LogP) is 2.46. The van der Waals surface area contributed by atoms with Gasteiger partial charge in [0.1, 0.15) is 17.6 Å². The van der Waals surface area contributed by atoms with Gasteiger partial charge in [0.05, 0.1) is 6.33 Å². The molecule has 124 valence electrons. The Labute approximate surface area is 142 Å². The molecule has 2 heterocycles. The monoisotopic (exact) mass is 333 g/mol. The molecule has 1 amide bonds. The lowest BCUT2D eigenvalue weighted by molar-refractivity contribution is -0.121. The number of para-hydroxylation sites is 1. The molecule has 25 heavy (non-hydrogen) atoms. The van der Waals surface area contributed by atoms with Gasteiger partial charge < -0.3 is 9.73 Å². The Morgan fingerprint density at radius 2 is 1.84 bits per heavy atom. The molecule has 1 N–H and O–H groups in total. The van der Waals surface area contributed by atoms with Gasteiger partial charge in [0.25, 0.3) is 5.56 Å². The fourth-order valence-electron chi connectivity index (χ4n) is 2.74. The summed E-state index contributed by atoms with van der Waals surface area (Å²) < 4.78 is 6.86. The average Bonchev–Trinajstić information content (AvgIpc) is 3.03. The van der Waals surface area contributed by atoms with Crippen LogP contribution in [0.3, 0.4) is 0 Å². The van der Waals surface area contributed by atoms with E-state index >= 15 is 0 Å². The van der Waals surface area contributed by atoms with Crippen molar-refractivity contribution in [2.75, 3.05) is 0 Å². The minimum Gasteiger partial charge on any atom is -0.448 e. The van der Waals surface area contributed by atoms with Crippen LogP contribution in [-0.4, -0.2) is 15.5 Å². The van der Waals surface area contributed by atoms with Crippen molar-refractivity contribution in [2.45, 2.75) is 13.1 Å². The first kappa shape index (κ1) is 15.1. The van der Waals surface area contributed by atoms with Gasteiger partial charge in [-0.2, -0.15) is 0 Å². The van der Waals surface area contributed by atoms with Crippen LogP contribution in [0.2, 0.25) is 0 Å². The average molecular weight is 333 g/mol. The number of aromatic nitrogens is 2. The summed E-state index contributed by atoms with van der Waals surface area (Å²) in [5.74, 6) is -0.261. The number of benzene rings is 2. The Balaban J connectivity index is 1.57. The van der Waals surface area contributed by atoms with E-state index in [4.69, 9.17) is 4.42 Å².